The van der Waals surface area contributed by atoms with Crippen molar-refractivity contribution in [3.63, 3.8) is 0 Å². The van der Waals surface area contributed by atoms with Gasteiger partial charge in [-0.2, -0.15) is 5.26 Å². The molecule has 0 aliphatic rings. The highest BCUT2D eigenvalue weighted by molar-refractivity contribution is 6.11. The number of rotatable bonds is 5. The maximum absolute atomic E-state index is 9.75. The summed E-state index contributed by atoms with van der Waals surface area (Å²) < 4.78 is 4.62. The predicted molar refractivity (Wildman–Crippen MR) is 216 cm³/mol. The molecule has 0 spiro atoms. The fraction of sp³-hybridized carbons (Fsp3) is 0. The molecule has 7 heteroatoms. The van der Waals surface area contributed by atoms with Crippen LogP contribution in [-0.2, 0) is 0 Å². The van der Waals surface area contributed by atoms with Crippen molar-refractivity contribution in [3.8, 4) is 51.6 Å². The molecule has 0 N–H and O–H groups in total. The van der Waals surface area contributed by atoms with Crippen LogP contribution in [-0.4, -0.2) is 24.1 Å². The van der Waals surface area contributed by atoms with Crippen molar-refractivity contribution in [2.24, 2.45) is 0 Å². The van der Waals surface area contributed by atoms with Crippen LogP contribution in [0.2, 0.25) is 0 Å². The second kappa shape index (κ2) is 12.4. The van der Waals surface area contributed by atoms with E-state index in [2.05, 4.69) is 135 Å². The summed E-state index contributed by atoms with van der Waals surface area (Å²) in [5.41, 5.74) is 9.42. The maximum atomic E-state index is 9.75. The summed E-state index contributed by atoms with van der Waals surface area (Å²) in [7, 11) is 0. The van der Waals surface area contributed by atoms with Crippen molar-refractivity contribution in [3.05, 3.63) is 181 Å². The Balaban J connectivity index is 1.31. The van der Waals surface area contributed by atoms with Crippen LogP contribution in [0, 0.1) is 17.9 Å². The van der Waals surface area contributed by atoms with E-state index in [-0.39, 0.29) is 0 Å². The van der Waals surface area contributed by atoms with E-state index < -0.39 is 0 Å². The third-order valence-electron chi connectivity index (χ3n) is 10.0. The largest absolute Gasteiger partial charge is 0.309 e. The minimum atomic E-state index is 0.431. The second-order valence-electron chi connectivity index (χ2n) is 13.1. The molecule has 0 atom stereocenters. The van der Waals surface area contributed by atoms with Gasteiger partial charge in [-0.1, -0.05) is 103 Å². The van der Waals surface area contributed by atoms with E-state index in [1.54, 1.807) is 24.3 Å². The zero-order valence-corrected chi connectivity index (χ0v) is 28.7. The van der Waals surface area contributed by atoms with Crippen LogP contribution < -0.4 is 0 Å². The maximum Gasteiger partial charge on any atom is 0.187 e. The van der Waals surface area contributed by atoms with Gasteiger partial charge in [0, 0.05) is 43.9 Å². The molecule has 10 aromatic rings. The molecule has 10 rings (SSSR count). The van der Waals surface area contributed by atoms with Crippen molar-refractivity contribution in [1.82, 2.24) is 24.1 Å². The van der Waals surface area contributed by atoms with Gasteiger partial charge in [0.25, 0.3) is 0 Å². The number of hydrogen-bond acceptors (Lipinski definition) is 4. The fourth-order valence-corrected chi connectivity index (χ4v) is 7.61. The Morgan fingerprint density at radius 2 is 0.981 bits per heavy atom. The molecule has 0 unspecified atom stereocenters. The Morgan fingerprint density at radius 3 is 1.54 bits per heavy atom. The van der Waals surface area contributed by atoms with Gasteiger partial charge in [0.2, 0.25) is 0 Å². The number of para-hydroxylation sites is 4. The highest BCUT2D eigenvalue weighted by Crippen LogP contribution is 2.39. The summed E-state index contributed by atoms with van der Waals surface area (Å²) in [5, 5.41) is 14.4. The minimum absolute atomic E-state index is 0.431. The molecule has 0 saturated carbocycles. The minimum Gasteiger partial charge on any atom is -0.309 e. The first-order valence-electron chi connectivity index (χ1n) is 17.5. The summed E-state index contributed by atoms with van der Waals surface area (Å²) in [4.78, 5) is 18.8. The summed E-state index contributed by atoms with van der Waals surface area (Å²) in [6, 6.07) is 57.2. The Kier molecular flexibility index (Phi) is 7.11. The Labute approximate surface area is 310 Å². The van der Waals surface area contributed by atoms with Crippen molar-refractivity contribution in [2.75, 3.05) is 0 Å². The van der Waals surface area contributed by atoms with Crippen molar-refractivity contribution < 1.29 is 0 Å². The molecule has 0 saturated heterocycles. The van der Waals surface area contributed by atoms with Crippen LogP contribution in [0.15, 0.2) is 164 Å². The molecule has 0 amide bonds. The first kappa shape index (κ1) is 30.9. The standard InChI is InChI=1S/C47H27N7/c1-49-33-15-11-14-32(27-33)46-50-45(31-13-10-12-30(26-31)29-48)51-47(52-46)39-25-24-34(53-40-20-6-2-16-35(40)36-17-3-7-21-41(36)53)28-44(39)54-42-22-8-4-18-37(42)38-19-5-9-23-43(38)54/h2-28H. The van der Waals surface area contributed by atoms with E-state index in [9.17, 15) is 5.26 Å². The topological polar surface area (TPSA) is 76.7 Å². The van der Waals surface area contributed by atoms with Crippen molar-refractivity contribution in [1.29, 1.82) is 5.26 Å². The molecule has 3 heterocycles. The molecule has 7 aromatic carbocycles. The summed E-state index contributed by atoms with van der Waals surface area (Å²) >= 11 is 0. The summed E-state index contributed by atoms with van der Waals surface area (Å²) in [5.74, 6) is 1.33. The van der Waals surface area contributed by atoms with Crippen molar-refractivity contribution in [2.45, 2.75) is 0 Å². The number of benzene rings is 7. The van der Waals surface area contributed by atoms with Gasteiger partial charge in [0.1, 0.15) is 0 Å². The third kappa shape index (κ3) is 4.92. The fourth-order valence-electron chi connectivity index (χ4n) is 7.61. The molecule has 54 heavy (non-hydrogen) atoms. The van der Waals surface area contributed by atoms with E-state index >= 15 is 0 Å². The average Bonchev–Trinajstić information content (AvgIpc) is 3.76. The van der Waals surface area contributed by atoms with Gasteiger partial charge in [-0.05, 0) is 60.7 Å². The van der Waals surface area contributed by atoms with E-state index in [1.165, 1.54) is 10.8 Å². The van der Waals surface area contributed by atoms with E-state index in [0.29, 0.717) is 39.9 Å². The van der Waals surface area contributed by atoms with Crippen molar-refractivity contribution >= 4 is 49.3 Å². The lowest BCUT2D eigenvalue weighted by atomic mass is 10.1. The van der Waals surface area contributed by atoms with Gasteiger partial charge in [-0.25, -0.2) is 19.8 Å². The highest BCUT2D eigenvalue weighted by atomic mass is 15.1. The molecule has 0 aliphatic carbocycles. The predicted octanol–water partition coefficient (Wildman–Crippen LogP) is 11.5. The van der Waals surface area contributed by atoms with Gasteiger partial charge < -0.3 is 9.13 Å². The number of nitrogens with zero attached hydrogens (tertiary/aromatic N) is 7. The molecule has 0 bridgehead atoms. The normalized spacial score (nSPS) is 11.3. The zero-order chi connectivity index (χ0) is 36.2. The van der Waals surface area contributed by atoms with E-state index in [1.807, 2.05) is 24.3 Å². The van der Waals surface area contributed by atoms with Gasteiger partial charge in [-0.3, -0.25) is 0 Å². The van der Waals surface area contributed by atoms with E-state index in [4.69, 9.17) is 21.5 Å². The van der Waals surface area contributed by atoms with Gasteiger partial charge in [-0.15, -0.1) is 0 Å². The number of nitriles is 1. The van der Waals surface area contributed by atoms with Crippen LogP contribution in [0.3, 0.4) is 0 Å². The molecule has 3 aromatic heterocycles. The first-order chi connectivity index (χ1) is 26.7. The number of fused-ring (bicyclic) bond motifs is 6. The molecule has 0 radical (unpaired) electrons. The Bertz CT molecular complexity index is 3030. The van der Waals surface area contributed by atoms with Crippen LogP contribution in [0.5, 0.6) is 0 Å². The second-order valence-corrected chi connectivity index (χ2v) is 13.1. The lowest BCUT2D eigenvalue weighted by molar-refractivity contribution is 1.06. The smallest absolute Gasteiger partial charge is 0.187 e. The van der Waals surface area contributed by atoms with Crippen LogP contribution in [0.1, 0.15) is 5.56 Å². The number of aromatic nitrogens is 5. The Morgan fingerprint density at radius 1 is 0.481 bits per heavy atom. The first-order valence-corrected chi connectivity index (χ1v) is 17.5. The zero-order valence-electron chi connectivity index (χ0n) is 28.7. The SMILES string of the molecule is [C-]#[N+]c1cccc(-c2nc(-c3cccc(C#N)c3)nc(-c3ccc(-n4c5ccccc5c5ccccc54)cc3-n3c4ccccc4c4ccccc43)n2)c1. The van der Waals surface area contributed by atoms with Crippen LogP contribution in [0.25, 0.3) is 94.0 Å². The Hall–Kier alpha value is -7.87. The van der Waals surface area contributed by atoms with Gasteiger partial charge in [0.05, 0.1) is 46.0 Å². The highest BCUT2D eigenvalue weighted by Gasteiger charge is 2.21. The molecule has 250 valence electrons. The molecule has 7 nitrogen and oxygen atoms in total. The number of hydrogen-bond donors (Lipinski definition) is 0. The molecular formula is C47H27N7. The molecular weight excluding hydrogens is 663 g/mol. The lowest BCUT2D eigenvalue weighted by Crippen LogP contribution is -2.05. The molecule has 0 aliphatic heterocycles. The van der Waals surface area contributed by atoms with Crippen LogP contribution >= 0.6 is 0 Å². The monoisotopic (exact) mass is 689 g/mol. The third-order valence-corrected chi connectivity index (χ3v) is 10.0. The van der Waals surface area contributed by atoms with Gasteiger partial charge in [0.15, 0.2) is 23.2 Å². The lowest BCUT2D eigenvalue weighted by Gasteiger charge is -2.17. The quantitative estimate of drug-likeness (QED) is 0.169. The summed E-state index contributed by atoms with van der Waals surface area (Å²) in [6.45, 7) is 7.66. The average molecular weight is 690 g/mol. The molecule has 0 fully saturated rings. The summed E-state index contributed by atoms with van der Waals surface area (Å²) in [6.07, 6.45) is 0. The van der Waals surface area contributed by atoms with Gasteiger partial charge >= 0.3 is 0 Å². The van der Waals surface area contributed by atoms with Crippen LogP contribution in [0.4, 0.5) is 5.69 Å². The van der Waals surface area contributed by atoms with E-state index in [0.717, 1.165) is 49.8 Å².